The van der Waals surface area contributed by atoms with Crippen LogP contribution in [0.4, 0.5) is 0 Å². The Morgan fingerprint density at radius 3 is 2.31 bits per heavy atom. The van der Waals surface area contributed by atoms with Crippen LogP contribution in [0.15, 0.2) is 0 Å². The van der Waals surface area contributed by atoms with E-state index >= 15 is 0 Å². The lowest BCUT2D eigenvalue weighted by Crippen LogP contribution is -2.03. The van der Waals surface area contributed by atoms with Crippen molar-refractivity contribution in [3.05, 3.63) is 10.6 Å². The van der Waals surface area contributed by atoms with E-state index in [0.717, 1.165) is 0 Å². The second-order valence-electron chi connectivity index (χ2n) is 2.91. The normalized spacial score (nSPS) is 15.8. The Bertz CT molecular complexity index is 296. The van der Waals surface area contributed by atoms with Gasteiger partial charge in [0.2, 0.25) is 10.6 Å². The van der Waals surface area contributed by atoms with Crippen molar-refractivity contribution in [2.75, 3.05) is 6.61 Å². The van der Waals surface area contributed by atoms with Gasteiger partial charge in [-0.2, -0.15) is 15.0 Å². The fourth-order valence-electron chi connectivity index (χ4n) is 0.850. The molecule has 1 aromatic rings. The molecule has 0 spiro atoms. The number of ether oxygens (including phenoxy) is 1. The predicted octanol–water partition coefficient (Wildman–Crippen LogP) is 1.97. The van der Waals surface area contributed by atoms with Gasteiger partial charge in [-0.15, -0.1) is 0 Å². The number of nitrogens with zero attached hydrogens (tertiary/aromatic N) is 3. The lowest BCUT2D eigenvalue weighted by Gasteiger charge is -2.02. The second-order valence-corrected chi connectivity index (χ2v) is 3.59. The zero-order valence-corrected chi connectivity index (χ0v) is 8.22. The molecule has 70 valence electrons. The SMILES string of the molecule is Clc1nc(Cl)nc(OCC2CC2)n1. The van der Waals surface area contributed by atoms with E-state index in [1.807, 2.05) is 0 Å². The third-order valence-electron chi connectivity index (χ3n) is 1.71. The Kier molecular flexibility index (Phi) is 2.51. The molecule has 1 aliphatic rings. The number of hydrogen-bond acceptors (Lipinski definition) is 4. The molecule has 0 radical (unpaired) electrons. The van der Waals surface area contributed by atoms with Crippen molar-refractivity contribution in [3.63, 3.8) is 0 Å². The van der Waals surface area contributed by atoms with Crippen LogP contribution in [0.3, 0.4) is 0 Å². The molecule has 0 N–H and O–H groups in total. The van der Waals surface area contributed by atoms with Gasteiger partial charge >= 0.3 is 6.01 Å². The number of rotatable bonds is 3. The van der Waals surface area contributed by atoms with Crippen LogP contribution in [0.1, 0.15) is 12.8 Å². The van der Waals surface area contributed by atoms with Crippen molar-refractivity contribution in [2.45, 2.75) is 12.8 Å². The zero-order valence-electron chi connectivity index (χ0n) is 6.70. The molecule has 2 rings (SSSR count). The summed E-state index contributed by atoms with van der Waals surface area (Å²) in [5.41, 5.74) is 0. The summed E-state index contributed by atoms with van der Waals surface area (Å²) in [7, 11) is 0. The summed E-state index contributed by atoms with van der Waals surface area (Å²) in [4.78, 5) is 11.1. The average molecular weight is 220 g/mol. The van der Waals surface area contributed by atoms with E-state index in [4.69, 9.17) is 27.9 Å². The van der Waals surface area contributed by atoms with E-state index in [0.29, 0.717) is 12.5 Å². The molecule has 0 unspecified atom stereocenters. The molecule has 1 aliphatic carbocycles. The highest BCUT2D eigenvalue weighted by Gasteiger charge is 2.22. The van der Waals surface area contributed by atoms with Crippen molar-refractivity contribution in [2.24, 2.45) is 5.92 Å². The summed E-state index contributed by atoms with van der Waals surface area (Å²) in [6.07, 6.45) is 2.43. The van der Waals surface area contributed by atoms with Gasteiger partial charge in [0.05, 0.1) is 6.61 Å². The van der Waals surface area contributed by atoms with Crippen molar-refractivity contribution >= 4 is 23.2 Å². The van der Waals surface area contributed by atoms with Gasteiger partial charge in [-0.1, -0.05) is 0 Å². The Morgan fingerprint density at radius 2 is 1.77 bits per heavy atom. The standard InChI is InChI=1S/C7H7Cl2N3O/c8-5-10-6(9)12-7(11-5)13-3-4-1-2-4/h4H,1-3H2. The van der Waals surface area contributed by atoms with E-state index in [1.54, 1.807) is 0 Å². The topological polar surface area (TPSA) is 47.9 Å². The minimum atomic E-state index is 0.0609. The molecular weight excluding hydrogens is 213 g/mol. The number of hydrogen-bond donors (Lipinski definition) is 0. The van der Waals surface area contributed by atoms with E-state index in [2.05, 4.69) is 15.0 Å². The molecule has 6 heteroatoms. The molecule has 0 atom stereocenters. The summed E-state index contributed by atoms with van der Waals surface area (Å²) in [6, 6.07) is 0.205. The average Bonchev–Trinajstić information content (AvgIpc) is 2.81. The molecule has 1 saturated carbocycles. The van der Waals surface area contributed by atoms with Crippen LogP contribution in [-0.4, -0.2) is 21.6 Å². The van der Waals surface area contributed by atoms with Gasteiger partial charge in [0.1, 0.15) is 0 Å². The highest BCUT2D eigenvalue weighted by molar-refractivity contribution is 6.31. The lowest BCUT2D eigenvalue weighted by atomic mass is 10.5. The molecule has 1 heterocycles. The molecule has 13 heavy (non-hydrogen) atoms. The molecular formula is C7H7Cl2N3O. The maximum atomic E-state index is 5.55. The Balaban J connectivity index is 2.01. The third kappa shape index (κ3) is 2.67. The lowest BCUT2D eigenvalue weighted by molar-refractivity contribution is 0.275. The first kappa shape index (κ1) is 8.97. The van der Waals surface area contributed by atoms with Gasteiger partial charge in [-0.05, 0) is 42.0 Å². The minimum Gasteiger partial charge on any atom is -0.463 e. The molecule has 0 aliphatic heterocycles. The fourth-order valence-corrected chi connectivity index (χ4v) is 1.20. The predicted molar refractivity (Wildman–Crippen MR) is 48.1 cm³/mol. The van der Waals surface area contributed by atoms with Gasteiger partial charge in [0, 0.05) is 0 Å². The summed E-state index contributed by atoms with van der Waals surface area (Å²) >= 11 is 11.1. The van der Waals surface area contributed by atoms with Crippen molar-refractivity contribution < 1.29 is 4.74 Å². The van der Waals surface area contributed by atoms with Crippen molar-refractivity contribution in [1.29, 1.82) is 0 Å². The molecule has 0 amide bonds. The highest BCUT2D eigenvalue weighted by Crippen LogP contribution is 2.29. The van der Waals surface area contributed by atoms with Crippen molar-refractivity contribution in [3.8, 4) is 6.01 Å². The summed E-state index contributed by atoms with van der Waals surface area (Å²) in [5, 5.41) is 0.122. The molecule has 1 aromatic heterocycles. The summed E-state index contributed by atoms with van der Waals surface area (Å²) in [6.45, 7) is 0.636. The monoisotopic (exact) mass is 219 g/mol. The van der Waals surface area contributed by atoms with Crippen LogP contribution in [0.5, 0.6) is 6.01 Å². The van der Waals surface area contributed by atoms with Crippen LogP contribution in [-0.2, 0) is 0 Å². The van der Waals surface area contributed by atoms with Gasteiger partial charge in [0.15, 0.2) is 0 Å². The molecule has 0 bridgehead atoms. The summed E-state index contributed by atoms with van der Waals surface area (Å²) < 4.78 is 5.26. The largest absolute Gasteiger partial charge is 0.463 e. The molecule has 1 fully saturated rings. The fraction of sp³-hybridized carbons (Fsp3) is 0.571. The first-order valence-electron chi connectivity index (χ1n) is 3.94. The van der Waals surface area contributed by atoms with Crippen LogP contribution in [0.2, 0.25) is 10.6 Å². The first-order chi connectivity index (χ1) is 6.24. The maximum Gasteiger partial charge on any atom is 0.322 e. The van der Waals surface area contributed by atoms with E-state index in [1.165, 1.54) is 12.8 Å². The Morgan fingerprint density at radius 1 is 1.15 bits per heavy atom. The van der Waals surface area contributed by atoms with Crippen LogP contribution in [0.25, 0.3) is 0 Å². The third-order valence-corrected chi connectivity index (χ3v) is 2.04. The Hall–Kier alpha value is -0.610. The highest BCUT2D eigenvalue weighted by atomic mass is 35.5. The maximum absolute atomic E-state index is 5.55. The first-order valence-corrected chi connectivity index (χ1v) is 4.69. The number of halogens is 2. The molecule has 0 aromatic carbocycles. The van der Waals surface area contributed by atoms with E-state index in [-0.39, 0.29) is 16.6 Å². The van der Waals surface area contributed by atoms with Gasteiger partial charge < -0.3 is 4.74 Å². The molecule has 0 saturated heterocycles. The van der Waals surface area contributed by atoms with Gasteiger partial charge in [-0.3, -0.25) is 0 Å². The van der Waals surface area contributed by atoms with Gasteiger partial charge in [-0.25, -0.2) is 0 Å². The Labute approximate surface area is 85.3 Å². The minimum absolute atomic E-state index is 0.0609. The van der Waals surface area contributed by atoms with E-state index in [9.17, 15) is 0 Å². The van der Waals surface area contributed by atoms with Crippen LogP contribution < -0.4 is 4.74 Å². The van der Waals surface area contributed by atoms with Crippen molar-refractivity contribution in [1.82, 2.24) is 15.0 Å². The number of aromatic nitrogens is 3. The smallest absolute Gasteiger partial charge is 0.322 e. The molecule has 4 nitrogen and oxygen atoms in total. The summed E-state index contributed by atoms with van der Waals surface area (Å²) in [5.74, 6) is 0.648. The zero-order chi connectivity index (χ0) is 9.26. The van der Waals surface area contributed by atoms with Gasteiger partial charge in [0.25, 0.3) is 0 Å². The van der Waals surface area contributed by atoms with Crippen LogP contribution in [0, 0.1) is 5.92 Å². The second kappa shape index (κ2) is 3.64. The van der Waals surface area contributed by atoms with Crippen LogP contribution >= 0.6 is 23.2 Å². The van der Waals surface area contributed by atoms with E-state index < -0.39 is 0 Å². The quantitative estimate of drug-likeness (QED) is 0.781.